The van der Waals surface area contributed by atoms with Crippen molar-refractivity contribution in [1.82, 2.24) is 4.90 Å². The summed E-state index contributed by atoms with van der Waals surface area (Å²) in [5.74, 6) is 1.36. The Hall–Kier alpha value is -0.720. The third kappa shape index (κ3) is 2.13. The van der Waals surface area contributed by atoms with Crippen LogP contribution >= 0.6 is 27.7 Å². The summed E-state index contributed by atoms with van der Waals surface area (Å²) in [6, 6.07) is 7.65. The average Bonchev–Trinajstić information content (AvgIpc) is 2.94. The minimum atomic E-state index is -0.935. The molecule has 4 nitrogen and oxygen atoms in total. The highest BCUT2D eigenvalue weighted by atomic mass is 79.9. The number of aliphatic imine (C=N–C) groups is 1. The minimum Gasteiger partial charge on any atom is -0.487 e. The summed E-state index contributed by atoms with van der Waals surface area (Å²) in [6.07, 6.45) is 0. The number of aliphatic hydroxyl groups is 1. The Kier molecular flexibility index (Phi) is 3.25. The Morgan fingerprint density at radius 1 is 1.50 bits per heavy atom. The van der Waals surface area contributed by atoms with Gasteiger partial charge in [-0.3, -0.25) is 4.99 Å². The molecule has 1 atom stereocenters. The van der Waals surface area contributed by atoms with Crippen LogP contribution in [0.15, 0.2) is 33.7 Å². The van der Waals surface area contributed by atoms with Gasteiger partial charge in [0.25, 0.3) is 0 Å². The van der Waals surface area contributed by atoms with Crippen LogP contribution in [0.25, 0.3) is 0 Å². The van der Waals surface area contributed by atoms with Crippen LogP contribution < -0.4 is 4.74 Å². The van der Waals surface area contributed by atoms with Gasteiger partial charge in [0, 0.05) is 6.54 Å². The van der Waals surface area contributed by atoms with Crippen molar-refractivity contribution in [2.75, 3.05) is 25.4 Å². The molecule has 1 unspecified atom stereocenters. The van der Waals surface area contributed by atoms with Gasteiger partial charge in [0.1, 0.15) is 12.4 Å². The number of fused-ring (bicyclic) bond motifs is 1. The van der Waals surface area contributed by atoms with Gasteiger partial charge < -0.3 is 14.7 Å². The average molecular weight is 329 g/mol. The highest BCUT2D eigenvalue weighted by molar-refractivity contribution is 9.10. The van der Waals surface area contributed by atoms with Gasteiger partial charge in [0.05, 0.1) is 16.8 Å². The maximum absolute atomic E-state index is 10.6. The van der Waals surface area contributed by atoms with Crippen LogP contribution in [0.4, 0.5) is 0 Å². The van der Waals surface area contributed by atoms with E-state index in [-0.39, 0.29) is 6.61 Å². The third-order valence-corrected chi connectivity index (χ3v) is 4.90. The maximum atomic E-state index is 10.6. The quantitative estimate of drug-likeness (QED) is 0.921. The number of amidine groups is 1. The van der Waals surface area contributed by atoms with Gasteiger partial charge in [-0.25, -0.2) is 0 Å². The molecule has 1 N–H and O–H groups in total. The van der Waals surface area contributed by atoms with Crippen molar-refractivity contribution < 1.29 is 9.84 Å². The molecule has 1 fully saturated rings. The fourth-order valence-electron chi connectivity index (χ4n) is 2.07. The number of hydrogen-bond acceptors (Lipinski definition) is 5. The number of halogens is 1. The van der Waals surface area contributed by atoms with Gasteiger partial charge in [-0.2, -0.15) is 0 Å². The Morgan fingerprint density at radius 3 is 3.17 bits per heavy atom. The molecule has 0 radical (unpaired) electrons. The fourth-order valence-corrected chi connectivity index (χ4v) is 3.67. The van der Waals surface area contributed by atoms with Crippen LogP contribution in [-0.2, 0) is 0 Å². The lowest BCUT2D eigenvalue weighted by Crippen LogP contribution is -2.51. The van der Waals surface area contributed by atoms with E-state index in [2.05, 4.69) is 20.9 Å². The normalized spacial score (nSPS) is 26.1. The van der Waals surface area contributed by atoms with Crippen LogP contribution in [0.5, 0.6) is 5.75 Å². The van der Waals surface area contributed by atoms with E-state index in [0.717, 1.165) is 28.5 Å². The summed E-state index contributed by atoms with van der Waals surface area (Å²) in [5.41, 5.74) is -0.935. The fraction of sp³-hybridized carbons (Fsp3) is 0.417. The summed E-state index contributed by atoms with van der Waals surface area (Å²) in [7, 11) is 0. The third-order valence-electron chi connectivity index (χ3n) is 3.03. The van der Waals surface area contributed by atoms with E-state index in [0.29, 0.717) is 5.75 Å². The molecule has 1 saturated heterocycles. The molecule has 6 heteroatoms. The molecule has 96 valence electrons. The van der Waals surface area contributed by atoms with Gasteiger partial charge in [-0.05, 0) is 28.1 Å². The van der Waals surface area contributed by atoms with Crippen LogP contribution in [0.1, 0.15) is 0 Å². The summed E-state index contributed by atoms with van der Waals surface area (Å²) in [4.78, 5) is 6.29. The Labute approximate surface area is 118 Å². The van der Waals surface area contributed by atoms with Crippen molar-refractivity contribution in [3.8, 4) is 5.75 Å². The van der Waals surface area contributed by atoms with Crippen molar-refractivity contribution in [2.24, 2.45) is 4.99 Å². The lowest BCUT2D eigenvalue weighted by Gasteiger charge is -2.31. The van der Waals surface area contributed by atoms with Gasteiger partial charge in [-0.1, -0.05) is 23.9 Å². The molecule has 2 aliphatic rings. The van der Waals surface area contributed by atoms with Gasteiger partial charge in [0.2, 0.25) is 0 Å². The van der Waals surface area contributed by atoms with Crippen molar-refractivity contribution in [1.29, 1.82) is 0 Å². The molecular formula is C12H13BrN2O2S. The molecular weight excluding hydrogens is 316 g/mol. The second-order valence-electron chi connectivity index (χ2n) is 4.31. The van der Waals surface area contributed by atoms with Crippen molar-refractivity contribution >= 4 is 32.9 Å². The molecule has 2 heterocycles. The van der Waals surface area contributed by atoms with Gasteiger partial charge in [-0.15, -0.1) is 0 Å². The summed E-state index contributed by atoms with van der Waals surface area (Å²) < 4.78 is 6.62. The standard InChI is InChI=1S/C12H13BrN2O2S/c13-9-3-1-2-4-10(9)17-7-12(16)8-18-11-14-5-6-15(11)12/h1-4,16H,5-8H2. The smallest absolute Gasteiger partial charge is 0.184 e. The van der Waals surface area contributed by atoms with E-state index >= 15 is 0 Å². The first-order valence-corrected chi connectivity index (χ1v) is 7.51. The van der Waals surface area contributed by atoms with Crippen molar-refractivity contribution in [2.45, 2.75) is 5.72 Å². The van der Waals surface area contributed by atoms with Gasteiger partial charge in [0.15, 0.2) is 10.9 Å². The van der Waals surface area contributed by atoms with E-state index in [9.17, 15) is 5.11 Å². The summed E-state index contributed by atoms with van der Waals surface area (Å²) in [6.45, 7) is 1.79. The Morgan fingerprint density at radius 2 is 2.33 bits per heavy atom. The molecule has 0 bridgehead atoms. The monoisotopic (exact) mass is 328 g/mol. The van der Waals surface area contributed by atoms with Gasteiger partial charge >= 0.3 is 0 Å². The van der Waals surface area contributed by atoms with Crippen LogP contribution in [-0.4, -0.2) is 46.3 Å². The molecule has 3 rings (SSSR count). The predicted molar refractivity (Wildman–Crippen MR) is 76.1 cm³/mol. The van der Waals surface area contributed by atoms with E-state index in [1.807, 2.05) is 29.2 Å². The molecule has 0 spiro atoms. The summed E-state index contributed by atoms with van der Waals surface area (Å²) in [5, 5.41) is 11.5. The Balaban J connectivity index is 1.70. The van der Waals surface area contributed by atoms with Crippen molar-refractivity contribution in [3.63, 3.8) is 0 Å². The lowest BCUT2D eigenvalue weighted by molar-refractivity contribution is -0.0696. The van der Waals surface area contributed by atoms with Crippen LogP contribution in [0.3, 0.4) is 0 Å². The summed E-state index contributed by atoms with van der Waals surface area (Å²) >= 11 is 5.02. The molecule has 0 aliphatic carbocycles. The van der Waals surface area contributed by atoms with E-state index in [1.165, 1.54) is 0 Å². The highest BCUT2D eigenvalue weighted by Crippen LogP contribution is 2.34. The van der Waals surface area contributed by atoms with Crippen LogP contribution in [0.2, 0.25) is 0 Å². The maximum Gasteiger partial charge on any atom is 0.184 e. The van der Waals surface area contributed by atoms with Crippen LogP contribution in [0, 0.1) is 0 Å². The minimum absolute atomic E-state index is 0.252. The highest BCUT2D eigenvalue weighted by Gasteiger charge is 2.45. The zero-order valence-electron chi connectivity index (χ0n) is 9.67. The second-order valence-corrected chi connectivity index (χ2v) is 6.10. The van der Waals surface area contributed by atoms with E-state index in [4.69, 9.17) is 4.74 Å². The largest absolute Gasteiger partial charge is 0.487 e. The number of rotatable bonds is 3. The zero-order valence-corrected chi connectivity index (χ0v) is 12.1. The molecule has 2 aliphatic heterocycles. The number of thioether (sulfide) groups is 1. The first-order chi connectivity index (χ1) is 8.69. The topological polar surface area (TPSA) is 45.1 Å². The van der Waals surface area contributed by atoms with Crippen molar-refractivity contribution in [3.05, 3.63) is 28.7 Å². The number of nitrogens with zero attached hydrogens (tertiary/aromatic N) is 2. The first kappa shape index (κ1) is 12.3. The number of para-hydroxylation sites is 1. The second kappa shape index (κ2) is 4.75. The lowest BCUT2D eigenvalue weighted by atomic mass is 10.2. The van der Waals surface area contributed by atoms with E-state index < -0.39 is 5.72 Å². The van der Waals surface area contributed by atoms with E-state index in [1.54, 1.807) is 11.8 Å². The molecule has 18 heavy (non-hydrogen) atoms. The molecule has 1 aromatic rings. The predicted octanol–water partition coefficient (Wildman–Crippen LogP) is 1.93. The Bertz CT molecular complexity index is 497. The zero-order chi connectivity index (χ0) is 12.6. The SMILES string of the molecule is OC1(COc2ccccc2Br)CSC2=NCCN21. The molecule has 1 aromatic carbocycles. The number of hydrogen-bond donors (Lipinski definition) is 1. The number of benzene rings is 1. The first-order valence-electron chi connectivity index (χ1n) is 5.74. The molecule has 0 amide bonds. The molecule has 0 saturated carbocycles. The number of ether oxygens (including phenoxy) is 1. The molecule has 0 aromatic heterocycles.